The summed E-state index contributed by atoms with van der Waals surface area (Å²) in [6.07, 6.45) is -1.32. The van der Waals surface area contributed by atoms with Crippen LogP contribution in [0.1, 0.15) is 49.1 Å². The van der Waals surface area contributed by atoms with E-state index in [9.17, 15) is 29.3 Å². The van der Waals surface area contributed by atoms with Crippen LogP contribution in [-0.2, 0) is 9.53 Å². The van der Waals surface area contributed by atoms with Crippen molar-refractivity contribution in [2.24, 2.45) is 0 Å². The Hall–Kier alpha value is -4.57. The summed E-state index contributed by atoms with van der Waals surface area (Å²) in [5, 5.41) is 13.3. The topological polar surface area (TPSA) is 159 Å². The molecule has 0 heterocycles. The molecule has 176 valence electrons. The van der Waals surface area contributed by atoms with Crippen LogP contribution in [0.25, 0.3) is 0 Å². The molecular formula is C24H16ClN3O7. The molecule has 3 aromatic rings. The van der Waals surface area contributed by atoms with E-state index in [0.29, 0.717) is 0 Å². The highest BCUT2D eigenvalue weighted by atomic mass is 35.5. The number of amides is 1. The summed E-state index contributed by atoms with van der Waals surface area (Å²) in [5.41, 5.74) is 5.82. The number of carbonyl (C=O) groups is 4. The highest BCUT2D eigenvalue weighted by Crippen LogP contribution is 2.33. The Morgan fingerprint density at radius 1 is 1.00 bits per heavy atom. The number of nitro groups is 1. The molecule has 3 N–H and O–H groups in total. The number of hydrogen-bond donors (Lipinski definition) is 2. The molecule has 3 aromatic carbocycles. The Balaban J connectivity index is 1.52. The molecule has 0 saturated heterocycles. The van der Waals surface area contributed by atoms with Crippen molar-refractivity contribution in [2.45, 2.75) is 13.0 Å². The van der Waals surface area contributed by atoms with E-state index in [1.54, 1.807) is 18.2 Å². The first-order valence-corrected chi connectivity index (χ1v) is 10.5. The van der Waals surface area contributed by atoms with Crippen molar-refractivity contribution in [3.05, 3.63) is 97.6 Å². The Kier molecular flexibility index (Phi) is 6.06. The largest absolute Gasteiger partial charge is 0.449 e. The fourth-order valence-electron chi connectivity index (χ4n) is 3.58. The maximum atomic E-state index is 12.9. The van der Waals surface area contributed by atoms with E-state index >= 15 is 0 Å². The molecule has 0 bridgehead atoms. The number of non-ortho nitro benzene ring substituents is 1. The predicted molar refractivity (Wildman–Crippen MR) is 126 cm³/mol. The summed E-state index contributed by atoms with van der Waals surface area (Å²) in [6.45, 7) is 1.30. The quantitative estimate of drug-likeness (QED) is 0.184. The number of nitro benzene ring substituents is 1. The highest BCUT2D eigenvalue weighted by molar-refractivity contribution is 6.36. The minimum absolute atomic E-state index is 0.00997. The van der Waals surface area contributed by atoms with Gasteiger partial charge in [0.15, 0.2) is 17.7 Å². The molecule has 0 radical (unpaired) electrons. The van der Waals surface area contributed by atoms with E-state index in [-0.39, 0.29) is 55.7 Å². The van der Waals surface area contributed by atoms with E-state index in [4.69, 9.17) is 22.1 Å². The predicted octanol–water partition coefficient (Wildman–Crippen LogP) is 3.79. The molecule has 10 nitrogen and oxygen atoms in total. The van der Waals surface area contributed by atoms with E-state index in [1.807, 2.05) is 0 Å². The van der Waals surface area contributed by atoms with Gasteiger partial charge in [-0.1, -0.05) is 35.9 Å². The molecule has 1 amide bonds. The minimum atomic E-state index is -1.32. The van der Waals surface area contributed by atoms with Crippen molar-refractivity contribution in [3.8, 4) is 0 Å². The maximum Gasteiger partial charge on any atom is 0.341 e. The lowest BCUT2D eigenvalue weighted by Gasteiger charge is -2.20. The van der Waals surface area contributed by atoms with Gasteiger partial charge in [-0.2, -0.15) is 0 Å². The van der Waals surface area contributed by atoms with Crippen LogP contribution in [0.5, 0.6) is 0 Å². The van der Waals surface area contributed by atoms with Crippen molar-refractivity contribution in [1.82, 2.24) is 0 Å². The highest BCUT2D eigenvalue weighted by Gasteiger charge is 2.31. The molecule has 1 aliphatic rings. The van der Waals surface area contributed by atoms with Gasteiger partial charge in [-0.05, 0) is 25.1 Å². The molecule has 0 aromatic heterocycles. The van der Waals surface area contributed by atoms with Crippen LogP contribution in [0, 0.1) is 10.1 Å². The van der Waals surface area contributed by atoms with Crippen molar-refractivity contribution < 1.29 is 28.8 Å². The number of ketones is 2. The lowest BCUT2D eigenvalue weighted by Crippen LogP contribution is -2.30. The van der Waals surface area contributed by atoms with Crippen LogP contribution in [0.2, 0.25) is 5.02 Å². The lowest BCUT2D eigenvalue weighted by molar-refractivity contribution is -0.384. The number of nitrogen functional groups attached to an aromatic ring is 1. The Bertz CT molecular complexity index is 1450. The van der Waals surface area contributed by atoms with Gasteiger partial charge in [0, 0.05) is 34.4 Å². The fraction of sp³-hybridized carbons (Fsp3) is 0.0833. The van der Waals surface area contributed by atoms with E-state index in [2.05, 4.69) is 5.32 Å². The van der Waals surface area contributed by atoms with E-state index in [0.717, 1.165) is 18.2 Å². The first-order chi connectivity index (χ1) is 16.6. The number of esters is 1. The normalized spacial score (nSPS) is 12.9. The molecule has 0 aliphatic heterocycles. The number of hydrogen-bond acceptors (Lipinski definition) is 8. The van der Waals surface area contributed by atoms with Gasteiger partial charge >= 0.3 is 5.97 Å². The summed E-state index contributed by atoms with van der Waals surface area (Å²) < 4.78 is 5.12. The number of rotatable bonds is 5. The number of nitrogens with zero attached hydrogens (tertiary/aromatic N) is 1. The van der Waals surface area contributed by atoms with Crippen molar-refractivity contribution in [3.63, 3.8) is 0 Å². The number of nitrogens with two attached hydrogens (primary N) is 1. The molecule has 1 atom stereocenters. The van der Waals surface area contributed by atoms with Gasteiger partial charge in [0.2, 0.25) is 0 Å². The molecule has 0 fully saturated rings. The van der Waals surface area contributed by atoms with Gasteiger partial charge in [-0.25, -0.2) is 4.79 Å². The molecule has 35 heavy (non-hydrogen) atoms. The zero-order chi connectivity index (χ0) is 25.4. The molecule has 1 unspecified atom stereocenters. The third kappa shape index (κ3) is 4.34. The second-order valence-electron chi connectivity index (χ2n) is 7.65. The maximum absolute atomic E-state index is 12.9. The van der Waals surface area contributed by atoms with Gasteiger partial charge in [0.05, 0.1) is 26.9 Å². The number of anilines is 2. The number of halogens is 1. The Morgan fingerprint density at radius 3 is 2.17 bits per heavy atom. The Labute approximate surface area is 202 Å². The summed E-state index contributed by atoms with van der Waals surface area (Å²) in [7, 11) is 0. The van der Waals surface area contributed by atoms with Crippen LogP contribution in [0.4, 0.5) is 17.1 Å². The minimum Gasteiger partial charge on any atom is -0.449 e. The van der Waals surface area contributed by atoms with Crippen LogP contribution >= 0.6 is 11.6 Å². The number of ether oxygens (including phenoxy) is 1. The summed E-state index contributed by atoms with van der Waals surface area (Å²) in [4.78, 5) is 60.9. The third-order valence-electron chi connectivity index (χ3n) is 5.39. The van der Waals surface area contributed by atoms with Gasteiger partial charge in [-0.3, -0.25) is 24.5 Å². The smallest absolute Gasteiger partial charge is 0.341 e. The monoisotopic (exact) mass is 493 g/mol. The van der Waals surface area contributed by atoms with E-state index in [1.165, 1.54) is 25.1 Å². The first-order valence-electron chi connectivity index (χ1n) is 10.2. The van der Waals surface area contributed by atoms with Gasteiger partial charge < -0.3 is 15.8 Å². The Morgan fingerprint density at radius 2 is 1.60 bits per heavy atom. The zero-order valence-electron chi connectivity index (χ0n) is 18.0. The second-order valence-corrected chi connectivity index (χ2v) is 8.05. The molecule has 0 saturated carbocycles. The summed E-state index contributed by atoms with van der Waals surface area (Å²) >= 11 is 6.26. The second kappa shape index (κ2) is 8.99. The SMILES string of the molecule is CC(OC(=O)c1ccc([N+](=O)[O-])cc1N)C(=O)Nc1cc2c(cc1Cl)C(=O)c1ccccc1C2=O. The molecular weight excluding hydrogens is 478 g/mol. The van der Waals surface area contributed by atoms with Gasteiger partial charge in [-0.15, -0.1) is 0 Å². The van der Waals surface area contributed by atoms with Crippen LogP contribution in [-0.4, -0.2) is 34.5 Å². The number of carbonyl (C=O) groups excluding carboxylic acids is 4. The van der Waals surface area contributed by atoms with Crippen molar-refractivity contribution in [1.29, 1.82) is 0 Å². The molecule has 1 aliphatic carbocycles. The van der Waals surface area contributed by atoms with Crippen LogP contribution in [0.3, 0.4) is 0 Å². The fourth-order valence-corrected chi connectivity index (χ4v) is 3.79. The van der Waals surface area contributed by atoms with Crippen molar-refractivity contribution in [2.75, 3.05) is 11.1 Å². The summed E-state index contributed by atoms with van der Waals surface area (Å²) in [5.74, 6) is -2.49. The number of fused-ring (bicyclic) bond motifs is 2. The lowest BCUT2D eigenvalue weighted by atomic mass is 9.84. The average molecular weight is 494 g/mol. The number of benzene rings is 3. The van der Waals surface area contributed by atoms with Crippen molar-refractivity contribution >= 4 is 52.1 Å². The number of nitrogens with one attached hydrogen (secondary N) is 1. The van der Waals surface area contributed by atoms with Crippen LogP contribution < -0.4 is 11.1 Å². The average Bonchev–Trinajstić information content (AvgIpc) is 2.83. The van der Waals surface area contributed by atoms with Gasteiger partial charge in [0.1, 0.15) is 0 Å². The molecule has 11 heteroatoms. The molecule has 0 spiro atoms. The van der Waals surface area contributed by atoms with Crippen LogP contribution in [0.15, 0.2) is 54.6 Å². The standard InChI is InChI=1S/C24H16ClN3O7/c1-11(35-24(32)15-7-6-12(28(33)34)8-19(15)26)23(31)27-20-10-17-16(9-18(20)25)21(29)13-4-2-3-5-14(13)22(17)30/h2-11H,26H2,1H3,(H,27,31). The summed E-state index contributed by atoms with van der Waals surface area (Å²) in [6, 6.07) is 12.2. The first kappa shape index (κ1) is 23.6. The van der Waals surface area contributed by atoms with Gasteiger partial charge in [0.25, 0.3) is 11.6 Å². The molecule has 4 rings (SSSR count). The third-order valence-corrected chi connectivity index (χ3v) is 5.70. The van der Waals surface area contributed by atoms with E-state index < -0.39 is 28.7 Å². The zero-order valence-corrected chi connectivity index (χ0v) is 18.8.